The van der Waals surface area contributed by atoms with E-state index < -0.39 is 17.3 Å². The van der Waals surface area contributed by atoms with E-state index >= 15 is 0 Å². The molecule has 0 saturated heterocycles. The van der Waals surface area contributed by atoms with Gasteiger partial charge in [0.2, 0.25) is 0 Å². The molecule has 0 aromatic heterocycles. The zero-order valence-electron chi connectivity index (χ0n) is 6.07. The molecule has 12 heavy (non-hydrogen) atoms. The molecular formula is C7H7FNO3+. The Bertz CT molecular complexity index is 314. The Morgan fingerprint density at radius 3 is 2.58 bits per heavy atom. The minimum absolute atomic E-state index is 0.0839. The van der Waals surface area contributed by atoms with Crippen molar-refractivity contribution in [3.63, 3.8) is 0 Å². The van der Waals surface area contributed by atoms with Gasteiger partial charge in [0.05, 0.1) is 17.6 Å². The van der Waals surface area contributed by atoms with Crippen LogP contribution in [0.1, 0.15) is 5.56 Å². The second-order valence-corrected chi connectivity index (χ2v) is 2.21. The summed E-state index contributed by atoms with van der Waals surface area (Å²) < 4.78 is 12.8. The lowest BCUT2D eigenvalue weighted by atomic mass is 10.2. The number of hydrogen-bond donors (Lipinski definition) is 2. The van der Waals surface area contributed by atoms with Crippen molar-refractivity contribution in [2.24, 2.45) is 0 Å². The third-order valence-corrected chi connectivity index (χ3v) is 1.43. The number of benzene rings is 1. The molecular weight excluding hydrogens is 165 g/mol. The summed E-state index contributed by atoms with van der Waals surface area (Å²) in [5, 5.41) is 16.9. The molecule has 1 aromatic carbocycles. The Kier molecular flexibility index (Phi) is 2.35. The molecule has 2 N–H and O–H groups in total. The molecule has 4 nitrogen and oxygen atoms in total. The maximum atomic E-state index is 12.8. The van der Waals surface area contributed by atoms with Crippen LogP contribution in [-0.4, -0.2) is 15.2 Å². The van der Waals surface area contributed by atoms with Crippen LogP contribution in [0.5, 0.6) is 0 Å². The first-order chi connectivity index (χ1) is 5.65. The van der Waals surface area contributed by atoms with Crippen LogP contribution in [0.3, 0.4) is 0 Å². The molecule has 0 radical (unpaired) electrons. The average molecular weight is 172 g/mol. The molecule has 0 heterocycles. The second kappa shape index (κ2) is 3.27. The van der Waals surface area contributed by atoms with Crippen molar-refractivity contribution >= 4 is 5.69 Å². The Balaban J connectivity index is 3.10. The highest BCUT2D eigenvalue weighted by Crippen LogP contribution is 2.15. The van der Waals surface area contributed by atoms with Gasteiger partial charge in [-0.15, -0.1) is 0 Å². The second-order valence-electron chi connectivity index (χ2n) is 2.21. The normalized spacial score (nSPS) is 9.83. The lowest BCUT2D eigenvalue weighted by Gasteiger charge is -1.95. The van der Waals surface area contributed by atoms with E-state index in [9.17, 15) is 9.30 Å². The number of aliphatic hydroxyl groups excluding tert-OH is 1. The number of halogens is 1. The van der Waals surface area contributed by atoms with Crippen molar-refractivity contribution < 1.29 is 19.6 Å². The summed E-state index contributed by atoms with van der Waals surface area (Å²) in [7, 11) is 0. The lowest BCUT2D eigenvalue weighted by Crippen LogP contribution is -1.95. The van der Waals surface area contributed by atoms with E-state index in [1.54, 1.807) is 0 Å². The van der Waals surface area contributed by atoms with Crippen LogP contribution in [0.2, 0.25) is 0 Å². The average Bonchev–Trinajstić information content (AvgIpc) is 2.04. The van der Waals surface area contributed by atoms with Gasteiger partial charge in [0.25, 0.3) is 4.92 Å². The van der Waals surface area contributed by atoms with E-state index in [4.69, 9.17) is 10.3 Å². The fraction of sp³-hybridized carbons (Fsp3) is 0.143. The number of nitrogens with zero attached hydrogens (tertiary/aromatic N) is 1. The van der Waals surface area contributed by atoms with Crippen LogP contribution >= 0.6 is 0 Å². The summed E-state index contributed by atoms with van der Waals surface area (Å²) in [6.07, 6.45) is 0. The molecule has 0 amide bonds. The van der Waals surface area contributed by atoms with Gasteiger partial charge in [0, 0.05) is 11.6 Å². The first kappa shape index (κ1) is 8.61. The van der Waals surface area contributed by atoms with E-state index in [1.165, 1.54) is 12.1 Å². The van der Waals surface area contributed by atoms with Gasteiger partial charge in [-0.2, -0.15) is 0 Å². The Labute approximate surface area is 67.4 Å². The molecule has 0 spiro atoms. The fourth-order valence-electron chi connectivity index (χ4n) is 0.783. The van der Waals surface area contributed by atoms with Gasteiger partial charge in [0.1, 0.15) is 5.82 Å². The maximum absolute atomic E-state index is 12.8. The highest BCUT2D eigenvalue weighted by Gasteiger charge is 2.13. The third-order valence-electron chi connectivity index (χ3n) is 1.43. The Hall–Kier alpha value is -1.49. The van der Waals surface area contributed by atoms with Crippen LogP contribution in [0.25, 0.3) is 0 Å². The van der Waals surface area contributed by atoms with E-state index in [0.29, 0.717) is 0 Å². The fourth-order valence-corrected chi connectivity index (χ4v) is 0.783. The maximum Gasteiger partial charge on any atom is 0.319 e. The van der Waals surface area contributed by atoms with E-state index in [-0.39, 0.29) is 11.3 Å². The number of hydrogen-bond acceptors (Lipinski definition) is 2. The summed E-state index contributed by atoms with van der Waals surface area (Å²) in [6, 6.07) is 3.28. The Morgan fingerprint density at radius 1 is 1.50 bits per heavy atom. The van der Waals surface area contributed by atoms with Gasteiger partial charge in [-0.25, -0.2) is 9.60 Å². The molecule has 1 rings (SSSR count). The monoisotopic (exact) mass is 172 g/mol. The van der Waals surface area contributed by atoms with E-state index in [0.717, 1.165) is 6.07 Å². The first-order valence-electron chi connectivity index (χ1n) is 3.20. The topological polar surface area (TPSA) is 60.5 Å². The number of aliphatic hydroxyl groups is 1. The van der Waals surface area contributed by atoms with Crippen LogP contribution in [0, 0.1) is 10.7 Å². The molecule has 0 atom stereocenters. The minimum Gasteiger partial charge on any atom is -0.392 e. The molecule has 0 aliphatic rings. The van der Waals surface area contributed by atoms with Crippen LogP contribution in [-0.2, 0) is 6.61 Å². The molecule has 0 aliphatic heterocycles. The zero-order chi connectivity index (χ0) is 9.14. The van der Waals surface area contributed by atoms with Gasteiger partial charge in [-0.3, -0.25) is 0 Å². The largest absolute Gasteiger partial charge is 0.392 e. The molecule has 64 valence electrons. The minimum atomic E-state index is -0.718. The predicted octanol–water partition coefficient (Wildman–Crippen LogP) is 1.12. The van der Waals surface area contributed by atoms with Crippen LogP contribution in [0.15, 0.2) is 18.2 Å². The van der Waals surface area contributed by atoms with Crippen LogP contribution < -0.4 is 0 Å². The van der Waals surface area contributed by atoms with Gasteiger partial charge >= 0.3 is 5.69 Å². The van der Waals surface area contributed by atoms with E-state index in [1.807, 2.05) is 0 Å². The van der Waals surface area contributed by atoms with Crippen molar-refractivity contribution in [2.45, 2.75) is 6.61 Å². The SMILES string of the molecule is O=[N+](O)c1ccc(CO)c(F)c1. The molecule has 0 bridgehead atoms. The predicted molar refractivity (Wildman–Crippen MR) is 37.4 cm³/mol. The Morgan fingerprint density at radius 2 is 2.17 bits per heavy atom. The zero-order valence-corrected chi connectivity index (χ0v) is 6.07. The van der Waals surface area contributed by atoms with Gasteiger partial charge in [-0.1, -0.05) is 0 Å². The highest BCUT2D eigenvalue weighted by molar-refractivity contribution is 5.33. The highest BCUT2D eigenvalue weighted by atomic mass is 19.1. The molecule has 0 unspecified atom stereocenters. The molecule has 0 saturated carbocycles. The summed E-state index contributed by atoms with van der Waals surface area (Å²) in [5.41, 5.74) is -0.120. The van der Waals surface area contributed by atoms with E-state index in [2.05, 4.69) is 0 Å². The van der Waals surface area contributed by atoms with Crippen molar-refractivity contribution in [1.29, 1.82) is 0 Å². The smallest absolute Gasteiger partial charge is 0.319 e. The first-order valence-corrected chi connectivity index (χ1v) is 3.20. The van der Waals surface area contributed by atoms with Crippen molar-refractivity contribution in [3.05, 3.63) is 34.5 Å². The van der Waals surface area contributed by atoms with Crippen molar-refractivity contribution in [2.75, 3.05) is 0 Å². The van der Waals surface area contributed by atoms with Crippen molar-refractivity contribution in [1.82, 2.24) is 0 Å². The summed E-state index contributed by atoms with van der Waals surface area (Å²) >= 11 is 0. The summed E-state index contributed by atoms with van der Waals surface area (Å²) in [4.78, 5) is 9.80. The van der Waals surface area contributed by atoms with Gasteiger partial charge < -0.3 is 5.11 Å². The van der Waals surface area contributed by atoms with Crippen molar-refractivity contribution in [3.8, 4) is 0 Å². The molecule has 5 heteroatoms. The number of rotatable bonds is 2. The molecule has 0 fully saturated rings. The van der Waals surface area contributed by atoms with Gasteiger partial charge in [0.15, 0.2) is 0 Å². The molecule has 1 aromatic rings. The standard InChI is InChI=1S/C7H7FNO3/c8-7-3-6(9(11)12)2-1-5(7)4-10/h1-3,10H,4H2,(H,11,12)/q+1. The van der Waals surface area contributed by atoms with Gasteiger partial charge in [-0.05, 0) is 6.07 Å². The third kappa shape index (κ3) is 1.57. The molecule has 0 aliphatic carbocycles. The summed E-state index contributed by atoms with van der Waals surface area (Å²) in [5.74, 6) is -0.718. The summed E-state index contributed by atoms with van der Waals surface area (Å²) in [6.45, 7) is -0.434. The lowest BCUT2D eigenvalue weighted by molar-refractivity contribution is -0.729. The quantitative estimate of drug-likeness (QED) is 0.657. The van der Waals surface area contributed by atoms with Crippen LogP contribution in [0.4, 0.5) is 10.1 Å².